The van der Waals surface area contributed by atoms with Crippen LogP contribution in [0.2, 0.25) is 0 Å². The molecule has 0 N–H and O–H groups in total. The third-order valence-electron chi connectivity index (χ3n) is 4.82. The molecule has 0 amide bonds. The third kappa shape index (κ3) is 11.8. The molecule has 0 atom stereocenters. The van der Waals surface area contributed by atoms with E-state index >= 15 is 0 Å². The molecule has 0 aliphatic heterocycles. The van der Waals surface area contributed by atoms with Gasteiger partial charge in [0, 0.05) is 0 Å². The zero-order chi connectivity index (χ0) is 24.4. The molecule has 4 aromatic carbocycles. The van der Waals surface area contributed by atoms with Crippen molar-refractivity contribution in [3.63, 3.8) is 0 Å². The Hall–Kier alpha value is -0.898. The summed E-state index contributed by atoms with van der Waals surface area (Å²) in [7, 11) is -0.696. The zero-order valence-electron chi connectivity index (χ0n) is 20.4. The Morgan fingerprint density at radius 1 is 0.429 bits per heavy atom. The summed E-state index contributed by atoms with van der Waals surface area (Å²) in [5, 5.41) is 5.89. The molecule has 0 bridgehead atoms. The number of hydrogen-bond acceptors (Lipinski definition) is 2. The van der Waals surface area contributed by atoms with Crippen LogP contribution in [-0.2, 0) is 45.7 Å². The minimum absolute atomic E-state index is 0. The van der Waals surface area contributed by atoms with Gasteiger partial charge in [-0.05, 0) is 49.4 Å². The van der Waals surface area contributed by atoms with Crippen LogP contribution in [0.25, 0.3) is 0 Å². The van der Waals surface area contributed by atoms with Crippen LogP contribution in [0, 0.1) is 0 Å². The van der Waals surface area contributed by atoms with Crippen molar-refractivity contribution in [2.24, 2.45) is 0 Å². The van der Waals surface area contributed by atoms with Crippen LogP contribution in [0.5, 0.6) is 0 Å². The molecule has 0 spiro atoms. The molecule has 186 valence electrons. The summed E-state index contributed by atoms with van der Waals surface area (Å²) in [5.74, 6) is 1.67. The first-order chi connectivity index (χ1) is 16.7. The molecule has 0 unspecified atom stereocenters. The Morgan fingerprint density at radius 2 is 0.600 bits per heavy atom. The quantitative estimate of drug-likeness (QED) is 0.133. The average molecular weight is 627 g/mol. The van der Waals surface area contributed by atoms with E-state index in [0.717, 1.165) is 11.5 Å². The van der Waals surface area contributed by atoms with Crippen molar-refractivity contribution < 1.29 is 20.4 Å². The predicted molar refractivity (Wildman–Crippen MR) is 164 cm³/mol. The maximum absolute atomic E-state index is 4.39. The SMILES string of the molecule is CC[S-].CC[S-].[Pd+2].c1ccc(P(CCP(c2ccccc2)c2ccccc2)c2ccccc2)cc1. The number of benzene rings is 4. The molecule has 0 saturated carbocycles. The Kier molecular flexibility index (Phi) is 18.5. The smallest absolute Gasteiger partial charge is 0.793 e. The second-order valence-electron chi connectivity index (χ2n) is 7.22. The minimum Gasteiger partial charge on any atom is -0.793 e. The Bertz CT molecular complexity index is 839. The zero-order valence-corrected chi connectivity index (χ0v) is 25.4. The fourth-order valence-electron chi connectivity index (χ4n) is 3.45. The van der Waals surface area contributed by atoms with Crippen LogP contribution in [0.15, 0.2) is 121 Å². The van der Waals surface area contributed by atoms with Crippen LogP contribution in [0.1, 0.15) is 13.8 Å². The molecule has 35 heavy (non-hydrogen) atoms. The molecule has 0 heterocycles. The molecule has 0 fully saturated rings. The van der Waals surface area contributed by atoms with E-state index in [2.05, 4.69) is 147 Å². The van der Waals surface area contributed by atoms with Crippen LogP contribution < -0.4 is 21.2 Å². The van der Waals surface area contributed by atoms with Gasteiger partial charge in [0.15, 0.2) is 0 Å². The van der Waals surface area contributed by atoms with E-state index in [-0.39, 0.29) is 36.3 Å². The van der Waals surface area contributed by atoms with Crippen molar-refractivity contribution >= 4 is 62.3 Å². The molecule has 4 aromatic rings. The fraction of sp³-hybridized carbons (Fsp3) is 0.200. The molecule has 0 nitrogen and oxygen atoms in total. The molecular weight excluding hydrogens is 593 g/mol. The molecular formula is C30H34P2PdS2. The molecule has 0 radical (unpaired) electrons. The monoisotopic (exact) mass is 626 g/mol. The van der Waals surface area contributed by atoms with Gasteiger partial charge in [0.2, 0.25) is 0 Å². The van der Waals surface area contributed by atoms with Gasteiger partial charge in [-0.1, -0.05) is 135 Å². The van der Waals surface area contributed by atoms with Crippen molar-refractivity contribution in [2.75, 3.05) is 23.8 Å². The molecule has 0 saturated heterocycles. The first-order valence-electron chi connectivity index (χ1n) is 11.7. The van der Waals surface area contributed by atoms with Crippen LogP contribution in [-0.4, -0.2) is 23.8 Å². The largest absolute Gasteiger partial charge is 2.00 e. The number of hydrogen-bond donors (Lipinski definition) is 0. The van der Waals surface area contributed by atoms with Gasteiger partial charge in [0.05, 0.1) is 0 Å². The van der Waals surface area contributed by atoms with Gasteiger partial charge in [-0.25, -0.2) is 0 Å². The van der Waals surface area contributed by atoms with E-state index in [1.807, 2.05) is 13.8 Å². The van der Waals surface area contributed by atoms with E-state index in [1.54, 1.807) is 0 Å². The average Bonchev–Trinajstić information content (AvgIpc) is 2.90. The van der Waals surface area contributed by atoms with Gasteiger partial charge in [0.25, 0.3) is 0 Å². The van der Waals surface area contributed by atoms with E-state index in [0.29, 0.717) is 0 Å². The van der Waals surface area contributed by atoms with Gasteiger partial charge in [-0.3, -0.25) is 0 Å². The van der Waals surface area contributed by atoms with E-state index in [9.17, 15) is 0 Å². The van der Waals surface area contributed by atoms with Gasteiger partial charge in [-0.2, -0.15) is 11.5 Å². The molecule has 5 heteroatoms. The van der Waals surface area contributed by atoms with Gasteiger partial charge < -0.3 is 25.3 Å². The Labute approximate surface area is 240 Å². The minimum atomic E-state index is -0.348. The van der Waals surface area contributed by atoms with Gasteiger partial charge in [-0.15, -0.1) is 0 Å². The standard InChI is InChI=1S/C26H24P2.2C2H6S.Pd/c1-5-13-23(14-6-1)27(24-15-7-2-8-16-24)21-22-28(25-17-9-3-10-18-25)26-19-11-4-12-20-26;2*1-2-3;/h1-20H,21-22H2;2*3H,2H2,1H3;/q;;;+2/p-2. The van der Waals surface area contributed by atoms with Crippen molar-refractivity contribution in [1.29, 1.82) is 0 Å². The van der Waals surface area contributed by atoms with Crippen molar-refractivity contribution in [3.8, 4) is 0 Å². The maximum atomic E-state index is 4.39. The van der Waals surface area contributed by atoms with Crippen LogP contribution in [0.3, 0.4) is 0 Å². The summed E-state index contributed by atoms with van der Waals surface area (Å²) in [6.45, 7) is 3.88. The molecule has 4 rings (SSSR count). The second kappa shape index (κ2) is 20.2. The molecule has 0 aliphatic carbocycles. The van der Waals surface area contributed by atoms with Gasteiger partial charge >= 0.3 is 20.4 Å². The van der Waals surface area contributed by atoms with Crippen molar-refractivity contribution in [3.05, 3.63) is 121 Å². The predicted octanol–water partition coefficient (Wildman–Crippen LogP) is 6.36. The number of rotatable bonds is 7. The summed E-state index contributed by atoms with van der Waals surface area (Å²) < 4.78 is 0. The summed E-state index contributed by atoms with van der Waals surface area (Å²) in [4.78, 5) is 0. The van der Waals surface area contributed by atoms with Gasteiger partial charge in [0.1, 0.15) is 0 Å². The van der Waals surface area contributed by atoms with Crippen molar-refractivity contribution in [2.45, 2.75) is 13.8 Å². The van der Waals surface area contributed by atoms with E-state index in [4.69, 9.17) is 0 Å². The van der Waals surface area contributed by atoms with Crippen LogP contribution >= 0.6 is 15.8 Å². The normalized spacial score (nSPS) is 9.89. The Balaban J connectivity index is 0.000000797. The van der Waals surface area contributed by atoms with E-state index in [1.165, 1.54) is 33.5 Å². The first kappa shape index (κ1) is 32.1. The first-order valence-corrected chi connectivity index (χ1v) is 15.9. The maximum Gasteiger partial charge on any atom is 2.00 e. The summed E-state index contributed by atoms with van der Waals surface area (Å²) >= 11 is 8.79. The summed E-state index contributed by atoms with van der Waals surface area (Å²) in [6.07, 6.45) is 2.41. The topological polar surface area (TPSA) is 0 Å². The van der Waals surface area contributed by atoms with Crippen LogP contribution in [0.4, 0.5) is 0 Å². The van der Waals surface area contributed by atoms with Crippen molar-refractivity contribution in [1.82, 2.24) is 0 Å². The van der Waals surface area contributed by atoms with E-state index < -0.39 is 0 Å². The Morgan fingerprint density at radius 3 is 0.771 bits per heavy atom. The molecule has 0 aromatic heterocycles. The molecule has 0 aliphatic rings. The fourth-order valence-corrected chi connectivity index (χ4v) is 8.80. The third-order valence-corrected chi connectivity index (χ3v) is 10.2. The summed E-state index contributed by atoms with van der Waals surface area (Å²) in [5.41, 5.74) is 0. The second-order valence-corrected chi connectivity index (χ2v) is 13.0. The summed E-state index contributed by atoms with van der Waals surface area (Å²) in [6, 6.07) is 44.2.